The zero-order valence-corrected chi connectivity index (χ0v) is 16.5. The summed E-state index contributed by atoms with van der Waals surface area (Å²) in [4.78, 5) is 26.8. The first-order chi connectivity index (χ1) is 13.1. The normalized spacial score (nSPS) is 24.0. The van der Waals surface area contributed by atoms with Gasteiger partial charge in [-0.15, -0.1) is 0 Å². The third-order valence-electron chi connectivity index (χ3n) is 5.70. The number of fused-ring (bicyclic) bond motifs is 1. The van der Waals surface area contributed by atoms with E-state index in [2.05, 4.69) is 33.9 Å². The molecule has 1 unspecified atom stereocenters. The molecule has 0 aromatic carbocycles. The molecule has 0 spiro atoms. The average Bonchev–Trinajstić information content (AvgIpc) is 3.05. The summed E-state index contributed by atoms with van der Waals surface area (Å²) in [5.74, 6) is 1.83. The van der Waals surface area contributed by atoms with Gasteiger partial charge in [0.05, 0.1) is 6.10 Å². The van der Waals surface area contributed by atoms with Crippen LogP contribution >= 0.6 is 0 Å². The minimum atomic E-state index is -0.0681. The quantitative estimate of drug-likeness (QED) is 0.864. The molecular formula is C20H31N5O2. The first kappa shape index (κ1) is 18.6. The molecular weight excluding hydrogens is 342 g/mol. The summed E-state index contributed by atoms with van der Waals surface area (Å²) >= 11 is 0. The van der Waals surface area contributed by atoms with Crippen molar-refractivity contribution in [3.8, 4) is 0 Å². The van der Waals surface area contributed by atoms with Crippen molar-refractivity contribution < 1.29 is 9.53 Å². The van der Waals surface area contributed by atoms with E-state index >= 15 is 0 Å². The third kappa shape index (κ3) is 4.09. The summed E-state index contributed by atoms with van der Waals surface area (Å²) in [6, 6.07) is 0. The van der Waals surface area contributed by atoms with Crippen LogP contribution in [0, 0.1) is 0 Å². The number of anilines is 1. The number of nitrogens with one attached hydrogen (secondary N) is 1. The lowest BCUT2D eigenvalue weighted by atomic mass is 10.0. The van der Waals surface area contributed by atoms with Gasteiger partial charge in [-0.1, -0.05) is 13.8 Å². The van der Waals surface area contributed by atoms with Crippen LogP contribution in [0.15, 0.2) is 0 Å². The van der Waals surface area contributed by atoms with Crippen molar-refractivity contribution in [3.63, 3.8) is 0 Å². The van der Waals surface area contributed by atoms with Crippen molar-refractivity contribution >= 4 is 11.7 Å². The van der Waals surface area contributed by atoms with Crippen LogP contribution in [-0.4, -0.2) is 72.8 Å². The van der Waals surface area contributed by atoms with E-state index in [1.807, 2.05) is 0 Å². The molecule has 4 rings (SSSR count). The van der Waals surface area contributed by atoms with Crippen molar-refractivity contribution in [3.05, 3.63) is 17.1 Å². The molecule has 7 heteroatoms. The Hall–Kier alpha value is -1.73. The monoisotopic (exact) mass is 373 g/mol. The zero-order valence-electron chi connectivity index (χ0n) is 16.5. The van der Waals surface area contributed by atoms with Gasteiger partial charge in [0, 0.05) is 44.3 Å². The Morgan fingerprint density at radius 2 is 2.00 bits per heavy atom. The number of aromatic nitrogens is 2. The Morgan fingerprint density at radius 3 is 2.78 bits per heavy atom. The van der Waals surface area contributed by atoms with Gasteiger partial charge in [-0.2, -0.15) is 0 Å². The molecule has 27 heavy (non-hydrogen) atoms. The zero-order chi connectivity index (χ0) is 18.8. The van der Waals surface area contributed by atoms with Gasteiger partial charge in [-0.05, 0) is 38.8 Å². The second kappa shape index (κ2) is 8.10. The molecule has 4 heterocycles. The van der Waals surface area contributed by atoms with Crippen LogP contribution in [0.1, 0.15) is 60.9 Å². The molecule has 2 fully saturated rings. The Balaban J connectivity index is 1.62. The summed E-state index contributed by atoms with van der Waals surface area (Å²) in [6.07, 6.45) is 4.56. The Kier molecular flexibility index (Phi) is 5.59. The Labute approximate surface area is 161 Å². The lowest BCUT2D eigenvalue weighted by molar-refractivity contribution is 0.0450. The lowest BCUT2D eigenvalue weighted by Gasteiger charge is -2.30. The van der Waals surface area contributed by atoms with E-state index in [9.17, 15) is 4.79 Å². The van der Waals surface area contributed by atoms with Gasteiger partial charge in [0.15, 0.2) is 0 Å². The van der Waals surface area contributed by atoms with Crippen molar-refractivity contribution in [1.29, 1.82) is 0 Å². The molecule has 7 nitrogen and oxygen atoms in total. The van der Waals surface area contributed by atoms with E-state index < -0.39 is 0 Å². The average molecular weight is 374 g/mol. The molecule has 0 radical (unpaired) electrons. The SMILES string of the molecule is CC(C)c1nc2c(c(N3CCCOC(CN4CCCC4)C3)n1)CCNC2=O. The number of rotatable bonds is 4. The molecule has 0 aliphatic carbocycles. The lowest BCUT2D eigenvalue weighted by Crippen LogP contribution is -2.41. The number of carbonyl (C=O) groups is 1. The molecule has 0 saturated carbocycles. The van der Waals surface area contributed by atoms with Crippen molar-refractivity contribution in [2.24, 2.45) is 0 Å². The minimum absolute atomic E-state index is 0.0681. The maximum atomic E-state index is 12.4. The van der Waals surface area contributed by atoms with Crippen LogP contribution < -0.4 is 10.2 Å². The predicted molar refractivity (Wildman–Crippen MR) is 104 cm³/mol. The van der Waals surface area contributed by atoms with Gasteiger partial charge in [0.1, 0.15) is 17.3 Å². The van der Waals surface area contributed by atoms with Crippen molar-refractivity contribution in [2.75, 3.05) is 50.8 Å². The second-order valence-electron chi connectivity index (χ2n) is 8.19. The second-order valence-corrected chi connectivity index (χ2v) is 8.19. The van der Waals surface area contributed by atoms with Crippen molar-refractivity contribution in [1.82, 2.24) is 20.2 Å². The fourth-order valence-corrected chi connectivity index (χ4v) is 4.26. The Bertz CT molecular complexity index is 687. The van der Waals surface area contributed by atoms with Crippen molar-refractivity contribution in [2.45, 2.75) is 51.6 Å². The van der Waals surface area contributed by atoms with E-state index in [0.717, 1.165) is 56.3 Å². The number of nitrogens with zero attached hydrogens (tertiary/aromatic N) is 4. The Morgan fingerprint density at radius 1 is 1.19 bits per heavy atom. The molecule has 1 aromatic heterocycles. The van der Waals surface area contributed by atoms with Crippen LogP contribution in [0.4, 0.5) is 5.82 Å². The van der Waals surface area contributed by atoms with Gasteiger partial charge in [0.25, 0.3) is 5.91 Å². The standard InChI is InChI=1S/C20H31N5O2/c1-14(2)18-22-17-16(6-7-21-20(17)26)19(23-18)25-10-5-11-27-15(13-25)12-24-8-3-4-9-24/h14-15H,3-13H2,1-2H3,(H,21,26). The van der Waals surface area contributed by atoms with E-state index in [1.165, 1.54) is 25.9 Å². The summed E-state index contributed by atoms with van der Waals surface area (Å²) in [6.45, 7) is 10.7. The van der Waals surface area contributed by atoms with Gasteiger partial charge in [-0.3, -0.25) is 4.79 Å². The molecule has 1 atom stereocenters. The number of amides is 1. The van der Waals surface area contributed by atoms with E-state index in [1.54, 1.807) is 0 Å². The third-order valence-corrected chi connectivity index (χ3v) is 5.70. The van der Waals surface area contributed by atoms with Crippen LogP contribution in [0.2, 0.25) is 0 Å². The molecule has 2 saturated heterocycles. The molecule has 1 N–H and O–H groups in total. The molecule has 1 amide bonds. The number of likely N-dealkylation sites (tertiary alicyclic amines) is 1. The summed E-state index contributed by atoms with van der Waals surface area (Å²) in [5.41, 5.74) is 1.57. The number of hydrogen-bond acceptors (Lipinski definition) is 6. The summed E-state index contributed by atoms with van der Waals surface area (Å²) in [5, 5.41) is 2.92. The smallest absolute Gasteiger partial charge is 0.270 e. The van der Waals surface area contributed by atoms with Crippen LogP contribution in [0.5, 0.6) is 0 Å². The van der Waals surface area contributed by atoms with Gasteiger partial charge < -0.3 is 19.9 Å². The fraction of sp³-hybridized carbons (Fsp3) is 0.750. The van der Waals surface area contributed by atoms with Crippen LogP contribution in [0.3, 0.4) is 0 Å². The first-order valence-corrected chi connectivity index (χ1v) is 10.4. The molecule has 1 aromatic rings. The van der Waals surface area contributed by atoms with E-state index in [0.29, 0.717) is 12.2 Å². The van der Waals surface area contributed by atoms with E-state index in [-0.39, 0.29) is 17.9 Å². The highest BCUT2D eigenvalue weighted by Crippen LogP contribution is 2.27. The summed E-state index contributed by atoms with van der Waals surface area (Å²) in [7, 11) is 0. The van der Waals surface area contributed by atoms with Crippen LogP contribution in [0.25, 0.3) is 0 Å². The largest absolute Gasteiger partial charge is 0.375 e. The molecule has 3 aliphatic heterocycles. The first-order valence-electron chi connectivity index (χ1n) is 10.4. The fourth-order valence-electron chi connectivity index (χ4n) is 4.26. The minimum Gasteiger partial charge on any atom is -0.375 e. The number of carbonyl (C=O) groups excluding carboxylic acids is 1. The number of ether oxygens (including phenoxy) is 1. The highest BCUT2D eigenvalue weighted by molar-refractivity contribution is 5.96. The van der Waals surface area contributed by atoms with Gasteiger partial charge >= 0.3 is 0 Å². The van der Waals surface area contributed by atoms with Gasteiger partial charge in [-0.25, -0.2) is 9.97 Å². The molecule has 148 valence electrons. The maximum absolute atomic E-state index is 12.4. The number of hydrogen-bond donors (Lipinski definition) is 1. The molecule has 3 aliphatic rings. The topological polar surface area (TPSA) is 70.6 Å². The summed E-state index contributed by atoms with van der Waals surface area (Å²) < 4.78 is 6.15. The van der Waals surface area contributed by atoms with E-state index in [4.69, 9.17) is 9.72 Å². The van der Waals surface area contributed by atoms with Crippen LogP contribution in [-0.2, 0) is 11.2 Å². The predicted octanol–water partition coefficient (Wildman–Crippen LogP) is 1.58. The van der Waals surface area contributed by atoms with Gasteiger partial charge in [0.2, 0.25) is 0 Å². The highest BCUT2D eigenvalue weighted by Gasteiger charge is 2.30. The maximum Gasteiger partial charge on any atom is 0.270 e. The molecule has 0 bridgehead atoms. The highest BCUT2D eigenvalue weighted by atomic mass is 16.5.